The van der Waals surface area contributed by atoms with Crippen molar-refractivity contribution in [3.8, 4) is 11.8 Å². The molecule has 164 valence electrons. The summed E-state index contributed by atoms with van der Waals surface area (Å²) < 4.78 is 6.02. The van der Waals surface area contributed by atoms with E-state index in [4.69, 9.17) is 4.74 Å². The Morgan fingerprint density at radius 1 is 1.23 bits per heavy atom. The van der Waals surface area contributed by atoms with Gasteiger partial charge in [-0.2, -0.15) is 10.2 Å². The lowest BCUT2D eigenvalue weighted by molar-refractivity contribution is -0.0511. The molecule has 7 heteroatoms. The van der Waals surface area contributed by atoms with Crippen molar-refractivity contribution in [3.63, 3.8) is 0 Å². The lowest BCUT2D eigenvalue weighted by Gasteiger charge is -2.49. The first kappa shape index (κ1) is 21.4. The van der Waals surface area contributed by atoms with Crippen LogP contribution in [0, 0.1) is 16.7 Å². The van der Waals surface area contributed by atoms with E-state index in [0.717, 1.165) is 25.0 Å². The molecule has 0 unspecified atom stereocenters. The van der Waals surface area contributed by atoms with Gasteiger partial charge in [-0.05, 0) is 56.2 Å². The highest BCUT2D eigenvalue weighted by Crippen LogP contribution is 2.42. The second-order valence-corrected chi connectivity index (χ2v) is 9.18. The summed E-state index contributed by atoms with van der Waals surface area (Å²) in [6.45, 7) is 4.70. The molecular weight excluding hydrogens is 390 g/mol. The quantitative estimate of drug-likeness (QED) is 0.594. The third-order valence-electron chi connectivity index (χ3n) is 6.66. The predicted octanol–water partition coefficient (Wildman–Crippen LogP) is 3.90. The maximum atomic E-state index is 9.96. The van der Waals surface area contributed by atoms with E-state index < -0.39 is 0 Å². The van der Waals surface area contributed by atoms with Crippen LogP contribution in [0.1, 0.15) is 57.1 Å². The summed E-state index contributed by atoms with van der Waals surface area (Å²) in [6, 6.07) is 10.5. The van der Waals surface area contributed by atoms with Crippen molar-refractivity contribution in [1.29, 1.82) is 5.26 Å². The molecule has 2 aliphatic rings. The van der Waals surface area contributed by atoms with Crippen molar-refractivity contribution in [2.75, 3.05) is 17.2 Å². The van der Waals surface area contributed by atoms with Crippen LogP contribution in [0.2, 0.25) is 0 Å². The lowest BCUT2D eigenvalue weighted by atomic mass is 9.64. The summed E-state index contributed by atoms with van der Waals surface area (Å²) in [5.41, 5.74) is 1.36. The van der Waals surface area contributed by atoms with E-state index in [1.54, 1.807) is 0 Å². The summed E-state index contributed by atoms with van der Waals surface area (Å²) in [7, 11) is 0. The zero-order valence-electron chi connectivity index (χ0n) is 18.3. The standard InChI is InChI=1S/C24H31N5O2/c1-24(2)20(13-21(24)30)28-22-17(14-25)15-27-23(29-22)26-12-11-16-7-9-19(10-8-16)31-18-5-3-4-6-18/h7-10,15,18,20-21,30H,3-6,11-13H2,1-2H3,(H2,26,27,28,29)/t20-,21+/m1/s1. The zero-order valence-corrected chi connectivity index (χ0v) is 18.3. The molecule has 0 radical (unpaired) electrons. The molecule has 1 aromatic heterocycles. The number of aromatic nitrogens is 2. The van der Waals surface area contributed by atoms with E-state index in [9.17, 15) is 10.4 Å². The number of rotatable bonds is 8. The Morgan fingerprint density at radius 2 is 1.97 bits per heavy atom. The SMILES string of the molecule is CC1(C)[C@@H](O)C[C@H]1Nc1nc(NCCc2ccc(OC3CCCC3)cc2)ncc1C#N. The molecule has 2 saturated carbocycles. The summed E-state index contributed by atoms with van der Waals surface area (Å²) >= 11 is 0. The molecule has 2 fully saturated rings. The number of nitrogens with one attached hydrogen (secondary N) is 2. The van der Waals surface area contributed by atoms with Crippen molar-refractivity contribution in [1.82, 2.24) is 9.97 Å². The fourth-order valence-electron chi connectivity index (χ4n) is 4.22. The summed E-state index contributed by atoms with van der Waals surface area (Å²) in [5, 5.41) is 25.9. The number of anilines is 2. The molecule has 2 atom stereocenters. The Labute approximate surface area is 183 Å². The highest BCUT2D eigenvalue weighted by atomic mass is 16.5. The molecule has 1 aromatic carbocycles. The van der Waals surface area contributed by atoms with Crippen LogP contribution < -0.4 is 15.4 Å². The van der Waals surface area contributed by atoms with Crippen LogP contribution in [0.25, 0.3) is 0 Å². The number of aliphatic hydroxyl groups is 1. The van der Waals surface area contributed by atoms with Crippen LogP contribution in [0.5, 0.6) is 5.75 Å². The molecule has 3 N–H and O–H groups in total. The van der Waals surface area contributed by atoms with Gasteiger partial charge < -0.3 is 20.5 Å². The molecule has 31 heavy (non-hydrogen) atoms. The number of hydrogen-bond acceptors (Lipinski definition) is 7. The maximum absolute atomic E-state index is 9.96. The molecule has 7 nitrogen and oxygen atoms in total. The summed E-state index contributed by atoms with van der Waals surface area (Å²) in [4.78, 5) is 8.76. The average molecular weight is 422 g/mol. The minimum Gasteiger partial charge on any atom is -0.490 e. The normalized spacial score (nSPS) is 22.4. The van der Waals surface area contributed by atoms with Gasteiger partial charge in [0.05, 0.1) is 18.4 Å². The minimum absolute atomic E-state index is 0.0716. The van der Waals surface area contributed by atoms with E-state index in [0.29, 0.717) is 36.4 Å². The van der Waals surface area contributed by atoms with E-state index in [2.05, 4.69) is 38.8 Å². The molecule has 1 heterocycles. The lowest BCUT2D eigenvalue weighted by Crippen LogP contribution is -2.57. The Morgan fingerprint density at radius 3 is 2.61 bits per heavy atom. The van der Waals surface area contributed by atoms with Crippen molar-refractivity contribution < 1.29 is 9.84 Å². The van der Waals surface area contributed by atoms with Crippen LogP contribution >= 0.6 is 0 Å². The van der Waals surface area contributed by atoms with Gasteiger partial charge in [-0.1, -0.05) is 26.0 Å². The van der Waals surface area contributed by atoms with Gasteiger partial charge in [0, 0.05) is 18.0 Å². The van der Waals surface area contributed by atoms with Crippen LogP contribution in [0.4, 0.5) is 11.8 Å². The van der Waals surface area contributed by atoms with Crippen molar-refractivity contribution in [3.05, 3.63) is 41.6 Å². The Bertz CT molecular complexity index is 932. The molecule has 2 aliphatic carbocycles. The summed E-state index contributed by atoms with van der Waals surface area (Å²) in [5.74, 6) is 1.94. The van der Waals surface area contributed by atoms with Gasteiger partial charge in [-0.15, -0.1) is 0 Å². The van der Waals surface area contributed by atoms with Gasteiger partial charge in [0.25, 0.3) is 0 Å². The second-order valence-electron chi connectivity index (χ2n) is 9.18. The van der Waals surface area contributed by atoms with Crippen molar-refractivity contribution in [2.45, 2.75) is 70.6 Å². The highest BCUT2D eigenvalue weighted by Gasteiger charge is 2.47. The molecule has 2 aromatic rings. The first-order chi connectivity index (χ1) is 15.0. The number of ether oxygens (including phenoxy) is 1. The Kier molecular flexibility index (Phi) is 6.28. The van der Waals surface area contributed by atoms with Gasteiger partial charge in [0.2, 0.25) is 5.95 Å². The third kappa shape index (κ3) is 4.91. The first-order valence-corrected chi connectivity index (χ1v) is 11.2. The predicted molar refractivity (Wildman–Crippen MR) is 120 cm³/mol. The molecule has 0 saturated heterocycles. The minimum atomic E-state index is -0.343. The summed E-state index contributed by atoms with van der Waals surface area (Å²) in [6.07, 6.45) is 7.89. The fourth-order valence-corrected chi connectivity index (χ4v) is 4.22. The molecule has 0 amide bonds. The zero-order chi connectivity index (χ0) is 21.8. The number of nitriles is 1. The second kappa shape index (κ2) is 9.11. The molecule has 4 rings (SSSR count). The molecular formula is C24H31N5O2. The van der Waals surface area contributed by atoms with Crippen LogP contribution in [-0.2, 0) is 6.42 Å². The van der Waals surface area contributed by atoms with E-state index in [-0.39, 0.29) is 17.6 Å². The number of hydrogen-bond donors (Lipinski definition) is 3. The Balaban J connectivity index is 1.31. The van der Waals surface area contributed by atoms with Gasteiger partial charge in [0.15, 0.2) is 0 Å². The highest BCUT2D eigenvalue weighted by molar-refractivity contribution is 5.54. The van der Waals surface area contributed by atoms with Crippen molar-refractivity contribution in [2.24, 2.45) is 5.41 Å². The topological polar surface area (TPSA) is 103 Å². The number of aliphatic hydroxyl groups excluding tert-OH is 1. The monoisotopic (exact) mass is 421 g/mol. The van der Waals surface area contributed by atoms with Gasteiger partial charge in [0.1, 0.15) is 23.2 Å². The number of benzene rings is 1. The van der Waals surface area contributed by atoms with Crippen LogP contribution in [0.15, 0.2) is 30.5 Å². The van der Waals surface area contributed by atoms with Gasteiger partial charge in [-0.25, -0.2) is 4.98 Å². The average Bonchev–Trinajstić information content (AvgIpc) is 3.28. The first-order valence-electron chi connectivity index (χ1n) is 11.2. The molecule has 0 spiro atoms. The van der Waals surface area contributed by atoms with Gasteiger partial charge in [-0.3, -0.25) is 0 Å². The van der Waals surface area contributed by atoms with E-state index in [1.807, 2.05) is 26.0 Å². The van der Waals surface area contributed by atoms with E-state index >= 15 is 0 Å². The smallest absolute Gasteiger partial charge is 0.224 e. The fraction of sp³-hybridized carbons (Fsp3) is 0.542. The third-order valence-corrected chi connectivity index (χ3v) is 6.66. The maximum Gasteiger partial charge on any atom is 0.224 e. The van der Waals surface area contributed by atoms with E-state index in [1.165, 1.54) is 24.6 Å². The van der Waals surface area contributed by atoms with Crippen molar-refractivity contribution >= 4 is 11.8 Å². The van der Waals surface area contributed by atoms with Crippen LogP contribution in [0.3, 0.4) is 0 Å². The molecule has 0 bridgehead atoms. The van der Waals surface area contributed by atoms with Crippen LogP contribution in [-0.4, -0.2) is 39.9 Å². The Hall–Kier alpha value is -2.85. The largest absolute Gasteiger partial charge is 0.490 e. The van der Waals surface area contributed by atoms with Gasteiger partial charge >= 0.3 is 0 Å². The molecule has 0 aliphatic heterocycles. The number of nitrogens with zero attached hydrogens (tertiary/aromatic N) is 3.